The number of nitrogens with zero attached hydrogens (tertiary/aromatic N) is 1. The molecule has 7 nitrogen and oxygen atoms in total. The van der Waals surface area contributed by atoms with E-state index in [9.17, 15) is 18.0 Å². The Bertz CT molecular complexity index is 499. The van der Waals surface area contributed by atoms with E-state index in [0.717, 1.165) is 0 Å². The van der Waals surface area contributed by atoms with Gasteiger partial charge in [0.15, 0.2) is 10.6 Å². The van der Waals surface area contributed by atoms with E-state index >= 15 is 0 Å². The smallest absolute Gasteiger partial charge is 0.358 e. The second-order valence-corrected chi connectivity index (χ2v) is 4.79. The number of hydrogen-bond donors (Lipinski definition) is 1. The summed E-state index contributed by atoms with van der Waals surface area (Å²) in [5.41, 5.74) is -0.522. The number of rotatable bonds is 3. The average molecular weight is 247 g/mol. The highest BCUT2D eigenvalue weighted by molar-refractivity contribution is 7.95. The lowest BCUT2D eigenvalue weighted by Gasteiger charge is -2.05. The van der Waals surface area contributed by atoms with E-state index in [2.05, 4.69) is 9.13 Å². The van der Waals surface area contributed by atoms with Crippen molar-refractivity contribution in [3.05, 3.63) is 11.0 Å². The summed E-state index contributed by atoms with van der Waals surface area (Å²) in [5, 5.41) is 8.56. The number of hydrogen-bond acceptors (Lipinski definition) is 5. The molecule has 0 saturated carbocycles. The van der Waals surface area contributed by atoms with Crippen LogP contribution in [0.4, 0.5) is 0 Å². The Kier molecular flexibility index (Phi) is 3.13. The van der Waals surface area contributed by atoms with E-state index in [-0.39, 0.29) is 0 Å². The third-order valence-electron chi connectivity index (χ3n) is 1.53. The molecule has 0 atom stereocenters. The molecule has 0 aromatic rings. The lowest BCUT2D eigenvalue weighted by atomic mass is 10.3. The summed E-state index contributed by atoms with van der Waals surface area (Å²) < 4.78 is 30.0. The average Bonchev–Trinajstić information content (AvgIpc) is 2.40. The molecule has 0 aliphatic carbocycles. The van der Waals surface area contributed by atoms with Gasteiger partial charge in [-0.25, -0.2) is 9.59 Å². The molecule has 0 amide bonds. The molecule has 0 bridgehead atoms. The summed E-state index contributed by atoms with van der Waals surface area (Å²) >= 11 is 0. The Morgan fingerprint density at radius 2 is 2.00 bits per heavy atom. The van der Waals surface area contributed by atoms with E-state index in [4.69, 9.17) is 5.11 Å². The molecular weight excluding hydrogens is 238 g/mol. The Hall–Kier alpha value is -1.70. The molecule has 88 valence electrons. The number of carbonyl (C=O) groups excluding carboxylic acids is 1. The zero-order chi connectivity index (χ0) is 12.5. The summed E-state index contributed by atoms with van der Waals surface area (Å²) in [6.45, 7) is 3.15. The van der Waals surface area contributed by atoms with Crippen LogP contribution in [-0.4, -0.2) is 37.3 Å². The molecule has 0 spiro atoms. The molecule has 0 aromatic heterocycles. The van der Waals surface area contributed by atoms with Crippen LogP contribution in [0.5, 0.6) is 0 Å². The molecule has 8 heteroatoms. The molecule has 0 fully saturated rings. The minimum Gasteiger partial charge on any atom is -0.477 e. The van der Waals surface area contributed by atoms with Crippen LogP contribution >= 0.6 is 0 Å². The van der Waals surface area contributed by atoms with Crippen molar-refractivity contribution >= 4 is 27.7 Å². The van der Waals surface area contributed by atoms with Crippen molar-refractivity contribution in [1.29, 1.82) is 0 Å². The number of carboxylic acid groups (broad SMARTS) is 1. The topological polar surface area (TPSA) is 110 Å². The highest BCUT2D eigenvalue weighted by Crippen LogP contribution is 2.17. The van der Waals surface area contributed by atoms with Gasteiger partial charge in [-0.2, -0.15) is 12.8 Å². The molecule has 1 rings (SSSR count). The van der Waals surface area contributed by atoms with E-state index in [1.54, 1.807) is 13.8 Å². The van der Waals surface area contributed by atoms with Crippen molar-refractivity contribution in [2.45, 2.75) is 20.0 Å². The van der Waals surface area contributed by atoms with Crippen LogP contribution in [0.3, 0.4) is 0 Å². The summed E-state index contributed by atoms with van der Waals surface area (Å²) in [5.74, 6) is -2.62. The monoisotopic (exact) mass is 247 g/mol. The quantitative estimate of drug-likeness (QED) is 0.685. The van der Waals surface area contributed by atoms with Crippen molar-refractivity contribution in [2.24, 2.45) is 4.40 Å². The fourth-order valence-electron chi connectivity index (χ4n) is 0.946. The van der Waals surface area contributed by atoms with Gasteiger partial charge in [0.2, 0.25) is 0 Å². The van der Waals surface area contributed by atoms with E-state index in [1.807, 2.05) is 0 Å². The maximum Gasteiger partial charge on any atom is 0.358 e. The number of esters is 1. The van der Waals surface area contributed by atoms with Crippen LogP contribution in [0.2, 0.25) is 0 Å². The minimum absolute atomic E-state index is 0.444. The van der Waals surface area contributed by atoms with E-state index in [1.165, 1.54) is 0 Å². The normalized spacial score (nSPS) is 17.9. The number of carboxylic acids is 1. The minimum atomic E-state index is -4.27. The van der Waals surface area contributed by atoms with Crippen LogP contribution < -0.4 is 0 Å². The van der Waals surface area contributed by atoms with Crippen molar-refractivity contribution in [1.82, 2.24) is 0 Å². The van der Waals surface area contributed by atoms with Crippen molar-refractivity contribution in [3.8, 4) is 0 Å². The zero-order valence-corrected chi connectivity index (χ0v) is 9.32. The summed E-state index contributed by atoms with van der Waals surface area (Å²) in [7, 11) is -4.27. The summed E-state index contributed by atoms with van der Waals surface area (Å²) in [4.78, 5) is 20.9. The first-order valence-electron chi connectivity index (χ1n) is 4.25. The Balaban J connectivity index is 3.04. The summed E-state index contributed by atoms with van der Waals surface area (Å²) in [6.07, 6.45) is 0.239. The van der Waals surface area contributed by atoms with Crippen molar-refractivity contribution in [3.63, 3.8) is 0 Å². The predicted octanol–water partition coefficient (Wildman–Crippen LogP) is -0.309. The zero-order valence-electron chi connectivity index (χ0n) is 8.50. The van der Waals surface area contributed by atoms with Gasteiger partial charge < -0.3 is 9.84 Å². The molecule has 1 aliphatic rings. The van der Waals surface area contributed by atoms with Gasteiger partial charge in [0.05, 0.1) is 6.10 Å². The van der Waals surface area contributed by atoms with Crippen molar-refractivity contribution < 1.29 is 27.9 Å². The van der Waals surface area contributed by atoms with Crippen LogP contribution in [0.15, 0.2) is 15.4 Å². The molecule has 16 heavy (non-hydrogen) atoms. The van der Waals surface area contributed by atoms with Crippen molar-refractivity contribution in [2.75, 3.05) is 0 Å². The van der Waals surface area contributed by atoms with Gasteiger partial charge in [0, 0.05) is 6.08 Å². The second kappa shape index (κ2) is 4.05. The van der Waals surface area contributed by atoms with Crippen LogP contribution in [0.1, 0.15) is 13.8 Å². The first kappa shape index (κ1) is 12.4. The molecule has 1 heterocycles. The van der Waals surface area contributed by atoms with Crippen LogP contribution in [-0.2, 0) is 24.3 Å². The molecule has 0 saturated heterocycles. The third kappa shape index (κ3) is 2.45. The number of ether oxygens (including phenoxy) is 1. The molecule has 1 N–H and O–H groups in total. The van der Waals surface area contributed by atoms with E-state index < -0.39 is 38.7 Å². The highest BCUT2D eigenvalue weighted by Gasteiger charge is 2.33. The molecule has 0 unspecified atom stereocenters. The van der Waals surface area contributed by atoms with Gasteiger partial charge in [-0.05, 0) is 13.8 Å². The van der Waals surface area contributed by atoms with Gasteiger partial charge in [-0.1, -0.05) is 0 Å². The molecule has 1 aliphatic heterocycles. The molecule has 0 radical (unpaired) electrons. The largest absolute Gasteiger partial charge is 0.477 e. The Labute approximate surface area is 91.5 Å². The lowest BCUT2D eigenvalue weighted by molar-refractivity contribution is -0.138. The fourth-order valence-corrected chi connectivity index (χ4v) is 1.91. The van der Waals surface area contributed by atoms with Gasteiger partial charge >= 0.3 is 11.9 Å². The van der Waals surface area contributed by atoms with Gasteiger partial charge in [0.1, 0.15) is 0 Å². The lowest BCUT2D eigenvalue weighted by Crippen LogP contribution is -2.18. The SMILES string of the molecule is CC(C)OC(=O)C1=NS(=O)(=O)C(C(=O)O)=C1. The van der Waals surface area contributed by atoms with Crippen LogP contribution in [0.25, 0.3) is 0 Å². The third-order valence-corrected chi connectivity index (χ3v) is 2.81. The first-order chi connectivity index (χ1) is 7.24. The van der Waals surface area contributed by atoms with Gasteiger partial charge in [-0.15, -0.1) is 0 Å². The highest BCUT2D eigenvalue weighted by atomic mass is 32.2. The molecule has 0 aromatic carbocycles. The number of aliphatic carboxylic acids is 1. The maximum atomic E-state index is 11.3. The summed E-state index contributed by atoms with van der Waals surface area (Å²) in [6, 6.07) is 0. The predicted molar refractivity (Wildman–Crippen MR) is 53.3 cm³/mol. The van der Waals surface area contributed by atoms with Gasteiger partial charge in [0.25, 0.3) is 10.0 Å². The Morgan fingerprint density at radius 1 is 1.44 bits per heavy atom. The fraction of sp³-hybridized carbons (Fsp3) is 0.375. The van der Waals surface area contributed by atoms with Gasteiger partial charge in [-0.3, -0.25) is 0 Å². The van der Waals surface area contributed by atoms with E-state index in [0.29, 0.717) is 6.08 Å². The Morgan fingerprint density at radius 3 is 2.38 bits per heavy atom. The standard InChI is InChI=1S/C8H9NO6S/c1-4(2)15-8(12)5-3-6(7(10)11)16(13,14)9-5/h3-4H,1-2H3,(H,10,11). The number of carbonyl (C=O) groups is 2. The maximum absolute atomic E-state index is 11.3. The van der Waals surface area contributed by atoms with Crippen LogP contribution in [0, 0.1) is 0 Å². The molecular formula is C8H9NO6S. The number of sulfonamides is 1. The first-order valence-corrected chi connectivity index (χ1v) is 5.69. The second-order valence-electron chi connectivity index (χ2n) is 3.22.